The number of methoxy groups -OCH3 is 1. The lowest BCUT2D eigenvalue weighted by atomic mass is 10.1. The van der Waals surface area contributed by atoms with Crippen LogP contribution in [0.4, 0.5) is 0 Å². The molecule has 0 amide bonds. The van der Waals surface area contributed by atoms with Gasteiger partial charge in [0, 0.05) is 24.7 Å². The van der Waals surface area contributed by atoms with E-state index in [0.717, 1.165) is 6.42 Å². The van der Waals surface area contributed by atoms with Crippen LogP contribution in [0.5, 0.6) is 0 Å². The summed E-state index contributed by atoms with van der Waals surface area (Å²) in [5.41, 5.74) is 5.37. The molecule has 1 aromatic rings. The van der Waals surface area contributed by atoms with Crippen molar-refractivity contribution >= 4 is 40.0 Å². The number of esters is 1. The Labute approximate surface area is 165 Å². The van der Waals surface area contributed by atoms with E-state index < -0.39 is 16.0 Å². The predicted molar refractivity (Wildman–Crippen MR) is 101 cm³/mol. The SMILES string of the molecule is COC(=O)c1cc(Cl)ccc1S(=O)(=O)N1CCC(OCCCN)CC1.Cl. The molecule has 1 aromatic carbocycles. The van der Waals surface area contributed by atoms with E-state index in [2.05, 4.69) is 4.74 Å². The zero-order valence-corrected chi connectivity index (χ0v) is 16.9. The maximum atomic E-state index is 12.9. The first-order valence-corrected chi connectivity index (χ1v) is 9.91. The van der Waals surface area contributed by atoms with Gasteiger partial charge in [-0.15, -0.1) is 12.4 Å². The lowest BCUT2D eigenvalue weighted by molar-refractivity contribution is 0.0208. The molecule has 2 rings (SSSR count). The number of nitrogens with zero attached hydrogens (tertiary/aromatic N) is 1. The Morgan fingerprint density at radius 1 is 1.35 bits per heavy atom. The molecule has 7 nitrogen and oxygen atoms in total. The van der Waals surface area contributed by atoms with Crippen LogP contribution in [-0.2, 0) is 19.5 Å². The summed E-state index contributed by atoms with van der Waals surface area (Å²) in [5, 5.41) is 0.270. The third-order valence-corrected chi connectivity index (χ3v) is 6.26. The topological polar surface area (TPSA) is 98.9 Å². The van der Waals surface area contributed by atoms with E-state index in [0.29, 0.717) is 39.1 Å². The maximum Gasteiger partial charge on any atom is 0.339 e. The van der Waals surface area contributed by atoms with Crippen molar-refractivity contribution in [2.45, 2.75) is 30.3 Å². The summed E-state index contributed by atoms with van der Waals surface area (Å²) in [7, 11) is -2.62. The van der Waals surface area contributed by atoms with E-state index in [1.807, 2.05) is 0 Å². The van der Waals surface area contributed by atoms with Gasteiger partial charge in [-0.2, -0.15) is 4.31 Å². The standard InChI is InChI=1S/C16H23ClN2O5S.ClH/c1-23-16(20)14-11-12(17)3-4-15(14)25(21,22)19-8-5-13(6-9-19)24-10-2-7-18;/h3-4,11,13H,2,5-10,18H2,1H3;1H. The van der Waals surface area contributed by atoms with Gasteiger partial charge in [0.1, 0.15) is 0 Å². The fourth-order valence-electron chi connectivity index (χ4n) is 2.71. The van der Waals surface area contributed by atoms with Crippen molar-refractivity contribution in [1.29, 1.82) is 0 Å². The smallest absolute Gasteiger partial charge is 0.339 e. The van der Waals surface area contributed by atoms with Crippen LogP contribution >= 0.6 is 24.0 Å². The Bertz CT molecular complexity index is 707. The molecule has 0 radical (unpaired) electrons. The summed E-state index contributed by atoms with van der Waals surface area (Å²) in [4.78, 5) is 11.8. The average Bonchev–Trinajstić information content (AvgIpc) is 2.61. The molecular formula is C16H24Cl2N2O5S. The first kappa shape index (κ1) is 23.1. The molecule has 26 heavy (non-hydrogen) atoms. The Hall–Kier alpha value is -0.900. The van der Waals surface area contributed by atoms with Crippen LogP contribution in [0.1, 0.15) is 29.6 Å². The van der Waals surface area contributed by atoms with Crippen molar-refractivity contribution in [2.24, 2.45) is 5.73 Å². The van der Waals surface area contributed by atoms with Crippen molar-refractivity contribution in [3.05, 3.63) is 28.8 Å². The number of benzene rings is 1. The second-order valence-corrected chi connectivity index (χ2v) is 8.09. The number of nitrogens with two attached hydrogens (primary N) is 1. The molecule has 1 heterocycles. The summed E-state index contributed by atoms with van der Waals surface area (Å²) >= 11 is 5.89. The lowest BCUT2D eigenvalue weighted by Crippen LogP contribution is -2.41. The number of hydrogen-bond acceptors (Lipinski definition) is 6. The molecule has 1 saturated heterocycles. The highest BCUT2D eigenvalue weighted by Gasteiger charge is 2.32. The summed E-state index contributed by atoms with van der Waals surface area (Å²) in [5.74, 6) is -0.735. The number of halogens is 2. The molecule has 148 valence electrons. The minimum atomic E-state index is -3.81. The van der Waals surface area contributed by atoms with Gasteiger partial charge in [-0.05, 0) is 44.0 Å². The van der Waals surface area contributed by atoms with Gasteiger partial charge in [0.15, 0.2) is 0 Å². The second kappa shape index (κ2) is 10.4. The molecule has 0 aromatic heterocycles. The van der Waals surface area contributed by atoms with Crippen LogP contribution in [0.3, 0.4) is 0 Å². The molecule has 1 aliphatic rings. The van der Waals surface area contributed by atoms with E-state index in [1.54, 1.807) is 0 Å². The Morgan fingerprint density at radius 2 is 2.00 bits per heavy atom. The minimum absolute atomic E-state index is 0. The van der Waals surface area contributed by atoms with E-state index in [9.17, 15) is 13.2 Å². The normalized spacial score (nSPS) is 16.1. The lowest BCUT2D eigenvalue weighted by Gasteiger charge is -2.31. The number of carbonyl (C=O) groups is 1. The number of rotatable bonds is 7. The van der Waals surface area contributed by atoms with Crippen LogP contribution in [-0.4, -0.2) is 58.1 Å². The summed E-state index contributed by atoms with van der Waals surface area (Å²) in [6.07, 6.45) is 2.02. The highest BCUT2D eigenvalue weighted by atomic mass is 35.5. The number of carbonyl (C=O) groups excluding carboxylic acids is 1. The van der Waals surface area contributed by atoms with E-state index in [1.165, 1.54) is 29.6 Å². The molecule has 2 N–H and O–H groups in total. The molecule has 1 aliphatic heterocycles. The molecule has 1 fully saturated rings. The Morgan fingerprint density at radius 3 is 2.58 bits per heavy atom. The zero-order chi connectivity index (χ0) is 18.4. The average molecular weight is 427 g/mol. The largest absolute Gasteiger partial charge is 0.465 e. The first-order chi connectivity index (χ1) is 11.9. The highest BCUT2D eigenvalue weighted by Crippen LogP contribution is 2.27. The van der Waals surface area contributed by atoms with Gasteiger partial charge in [-0.3, -0.25) is 0 Å². The van der Waals surface area contributed by atoms with Gasteiger partial charge in [0.25, 0.3) is 0 Å². The van der Waals surface area contributed by atoms with Crippen molar-refractivity contribution in [2.75, 3.05) is 33.4 Å². The highest BCUT2D eigenvalue weighted by molar-refractivity contribution is 7.89. The molecule has 0 unspecified atom stereocenters. The van der Waals surface area contributed by atoms with Gasteiger partial charge < -0.3 is 15.2 Å². The first-order valence-electron chi connectivity index (χ1n) is 8.10. The van der Waals surface area contributed by atoms with Crippen LogP contribution in [0, 0.1) is 0 Å². The quantitative estimate of drug-likeness (QED) is 0.529. The third-order valence-electron chi connectivity index (χ3n) is 4.07. The second-order valence-electron chi connectivity index (χ2n) is 5.75. The molecule has 0 spiro atoms. The van der Waals surface area contributed by atoms with E-state index >= 15 is 0 Å². The number of hydrogen-bond donors (Lipinski definition) is 1. The van der Waals surface area contributed by atoms with Crippen molar-refractivity contribution < 1.29 is 22.7 Å². The van der Waals surface area contributed by atoms with Crippen molar-refractivity contribution in [1.82, 2.24) is 4.31 Å². The third kappa shape index (κ3) is 5.55. The number of sulfonamides is 1. The minimum Gasteiger partial charge on any atom is -0.465 e. The van der Waals surface area contributed by atoms with Crippen LogP contribution in [0.15, 0.2) is 23.1 Å². The fraction of sp³-hybridized carbons (Fsp3) is 0.562. The van der Waals surface area contributed by atoms with E-state index in [-0.39, 0.29) is 34.0 Å². The van der Waals surface area contributed by atoms with E-state index in [4.69, 9.17) is 22.1 Å². The van der Waals surface area contributed by atoms with Crippen LogP contribution in [0.25, 0.3) is 0 Å². The molecular weight excluding hydrogens is 403 g/mol. The summed E-state index contributed by atoms with van der Waals surface area (Å²) in [6, 6.07) is 4.10. The van der Waals surface area contributed by atoms with Crippen LogP contribution in [0.2, 0.25) is 5.02 Å². The van der Waals surface area contributed by atoms with Gasteiger partial charge in [0.2, 0.25) is 10.0 Å². The van der Waals surface area contributed by atoms with Crippen LogP contribution < -0.4 is 5.73 Å². The molecule has 10 heteroatoms. The fourth-order valence-corrected chi connectivity index (χ4v) is 4.51. The van der Waals surface area contributed by atoms with Crippen molar-refractivity contribution in [3.63, 3.8) is 0 Å². The maximum absolute atomic E-state index is 12.9. The molecule has 0 aliphatic carbocycles. The Balaban J connectivity index is 0.00000338. The summed E-state index contributed by atoms with van der Waals surface area (Å²) < 4.78 is 37.6. The molecule has 0 bridgehead atoms. The summed E-state index contributed by atoms with van der Waals surface area (Å²) in [6.45, 7) is 1.81. The van der Waals surface area contributed by atoms with Crippen molar-refractivity contribution in [3.8, 4) is 0 Å². The zero-order valence-electron chi connectivity index (χ0n) is 14.5. The molecule has 0 atom stereocenters. The van der Waals surface area contributed by atoms with Gasteiger partial charge >= 0.3 is 5.97 Å². The number of ether oxygens (including phenoxy) is 2. The van der Waals surface area contributed by atoms with Gasteiger partial charge in [0.05, 0.1) is 23.7 Å². The number of piperidine rings is 1. The van der Waals surface area contributed by atoms with Gasteiger partial charge in [-0.25, -0.2) is 13.2 Å². The monoisotopic (exact) mass is 426 g/mol. The van der Waals surface area contributed by atoms with Gasteiger partial charge in [-0.1, -0.05) is 11.6 Å². The predicted octanol–water partition coefficient (Wildman–Crippen LogP) is 2.07. The molecule has 0 saturated carbocycles. The Kier molecular flexibility index (Phi) is 9.29.